The summed E-state index contributed by atoms with van der Waals surface area (Å²) >= 11 is 0. The molecule has 0 bridgehead atoms. The van der Waals surface area contributed by atoms with Crippen molar-refractivity contribution in [1.82, 2.24) is 15.1 Å². The van der Waals surface area contributed by atoms with Crippen molar-refractivity contribution in [2.75, 3.05) is 5.32 Å². The molecule has 0 atom stereocenters. The van der Waals surface area contributed by atoms with Crippen LogP contribution in [0.4, 0.5) is 15.8 Å². The average molecular weight is 300 g/mol. The van der Waals surface area contributed by atoms with E-state index in [0.29, 0.717) is 16.9 Å². The van der Waals surface area contributed by atoms with Crippen molar-refractivity contribution < 1.29 is 14.0 Å². The molecule has 0 amide bonds. The molecule has 3 aromatic rings. The predicted octanol–water partition coefficient (Wildman–Crippen LogP) is 2.82. The molecule has 7 heteroatoms. The third kappa shape index (κ3) is 2.79. The molecule has 2 N–H and O–H groups in total. The minimum atomic E-state index is -0.364. The van der Waals surface area contributed by atoms with E-state index in [2.05, 4.69) is 20.4 Å². The summed E-state index contributed by atoms with van der Waals surface area (Å²) in [6.07, 6.45) is 3.10. The molecule has 0 saturated heterocycles. The Morgan fingerprint density at radius 3 is 2.86 bits per heavy atom. The third-order valence-corrected chi connectivity index (χ3v) is 3.05. The number of rotatable bonds is 4. The molecule has 6 nitrogen and oxygen atoms in total. The topological polar surface area (TPSA) is 84.1 Å². The van der Waals surface area contributed by atoms with Crippen LogP contribution in [0.25, 0.3) is 11.5 Å². The Kier molecular flexibility index (Phi) is 3.80. The molecular formula is C15H13FN4O2. The van der Waals surface area contributed by atoms with Crippen LogP contribution in [0.1, 0.15) is 11.4 Å². The number of pyridine rings is 1. The highest BCUT2D eigenvalue weighted by Crippen LogP contribution is 2.29. The highest BCUT2D eigenvalue weighted by molar-refractivity contribution is 5.76. The van der Waals surface area contributed by atoms with E-state index in [1.807, 2.05) is 6.92 Å². The number of hydrogen-bond acceptors (Lipinski definition) is 6. The third-order valence-electron chi connectivity index (χ3n) is 3.05. The summed E-state index contributed by atoms with van der Waals surface area (Å²) in [4.78, 5) is 8.07. The largest absolute Gasteiger partial charge is 0.388 e. The SMILES string of the molecule is Cc1ccc(Nc2cnccc2-c2nc(CO)no2)c(F)c1. The van der Waals surface area contributed by atoms with Gasteiger partial charge in [-0.25, -0.2) is 4.39 Å². The molecule has 0 fully saturated rings. The zero-order valence-corrected chi connectivity index (χ0v) is 11.7. The highest BCUT2D eigenvalue weighted by atomic mass is 19.1. The lowest BCUT2D eigenvalue weighted by molar-refractivity contribution is 0.264. The molecule has 22 heavy (non-hydrogen) atoms. The molecule has 0 radical (unpaired) electrons. The summed E-state index contributed by atoms with van der Waals surface area (Å²) in [5.41, 5.74) is 2.25. The lowest BCUT2D eigenvalue weighted by Crippen LogP contribution is -1.97. The monoisotopic (exact) mass is 300 g/mol. The van der Waals surface area contributed by atoms with Gasteiger partial charge in [0.25, 0.3) is 5.89 Å². The molecule has 0 unspecified atom stereocenters. The van der Waals surface area contributed by atoms with Gasteiger partial charge in [-0.15, -0.1) is 0 Å². The molecule has 2 heterocycles. The first kappa shape index (κ1) is 14.2. The van der Waals surface area contributed by atoms with E-state index >= 15 is 0 Å². The van der Waals surface area contributed by atoms with Crippen molar-refractivity contribution >= 4 is 11.4 Å². The summed E-state index contributed by atoms with van der Waals surface area (Å²) in [6, 6.07) is 6.56. The maximum atomic E-state index is 14.0. The summed E-state index contributed by atoms with van der Waals surface area (Å²) < 4.78 is 19.0. The van der Waals surface area contributed by atoms with Gasteiger partial charge in [0.05, 0.1) is 23.1 Å². The van der Waals surface area contributed by atoms with Crippen LogP contribution in [0.3, 0.4) is 0 Å². The zero-order chi connectivity index (χ0) is 15.5. The summed E-state index contributed by atoms with van der Waals surface area (Å²) in [5, 5.41) is 15.6. The van der Waals surface area contributed by atoms with Crippen LogP contribution >= 0.6 is 0 Å². The maximum Gasteiger partial charge on any atom is 0.260 e. The van der Waals surface area contributed by atoms with Crippen LogP contribution in [-0.2, 0) is 6.61 Å². The van der Waals surface area contributed by atoms with Crippen LogP contribution in [0.2, 0.25) is 0 Å². The van der Waals surface area contributed by atoms with Crippen molar-refractivity contribution in [2.45, 2.75) is 13.5 Å². The molecule has 2 aromatic heterocycles. The molecule has 0 saturated carbocycles. The van der Waals surface area contributed by atoms with Crippen LogP contribution < -0.4 is 5.32 Å². The highest BCUT2D eigenvalue weighted by Gasteiger charge is 2.14. The van der Waals surface area contributed by atoms with Gasteiger partial charge in [-0.1, -0.05) is 11.2 Å². The van der Waals surface area contributed by atoms with Crippen molar-refractivity contribution in [3.05, 3.63) is 53.9 Å². The van der Waals surface area contributed by atoms with Crippen molar-refractivity contribution in [3.63, 3.8) is 0 Å². The van der Waals surface area contributed by atoms with Gasteiger partial charge in [0, 0.05) is 6.20 Å². The first-order valence-electron chi connectivity index (χ1n) is 6.58. The number of benzene rings is 1. The fourth-order valence-corrected chi connectivity index (χ4v) is 1.97. The van der Waals surface area contributed by atoms with Gasteiger partial charge in [0.15, 0.2) is 5.82 Å². The molecule has 0 spiro atoms. The van der Waals surface area contributed by atoms with E-state index in [1.54, 1.807) is 24.4 Å². The van der Waals surface area contributed by atoms with Gasteiger partial charge in [-0.3, -0.25) is 4.98 Å². The molecule has 0 aliphatic rings. The van der Waals surface area contributed by atoms with Crippen LogP contribution in [0.15, 0.2) is 41.2 Å². The van der Waals surface area contributed by atoms with Crippen molar-refractivity contribution in [2.24, 2.45) is 0 Å². The van der Waals surface area contributed by atoms with E-state index < -0.39 is 0 Å². The van der Waals surface area contributed by atoms with Crippen LogP contribution in [0, 0.1) is 12.7 Å². The minimum Gasteiger partial charge on any atom is -0.388 e. The van der Waals surface area contributed by atoms with Gasteiger partial charge in [0.1, 0.15) is 12.4 Å². The van der Waals surface area contributed by atoms with Crippen molar-refractivity contribution in [3.8, 4) is 11.5 Å². The molecule has 0 aliphatic carbocycles. The summed E-state index contributed by atoms with van der Waals surface area (Å²) in [7, 11) is 0. The summed E-state index contributed by atoms with van der Waals surface area (Å²) in [5.74, 6) is 0.0390. The average Bonchev–Trinajstić information content (AvgIpc) is 2.99. The van der Waals surface area contributed by atoms with Gasteiger partial charge in [0.2, 0.25) is 0 Å². The number of aliphatic hydroxyl groups excluding tert-OH is 1. The molecule has 1 aromatic carbocycles. The number of nitrogens with zero attached hydrogens (tertiary/aromatic N) is 3. The van der Waals surface area contributed by atoms with Gasteiger partial charge in [-0.05, 0) is 30.7 Å². The number of aromatic nitrogens is 3. The second-order valence-corrected chi connectivity index (χ2v) is 4.70. The fourth-order valence-electron chi connectivity index (χ4n) is 1.97. The molecule has 0 aliphatic heterocycles. The quantitative estimate of drug-likeness (QED) is 0.770. The number of anilines is 2. The number of aryl methyl sites for hydroxylation is 1. The van der Waals surface area contributed by atoms with E-state index in [0.717, 1.165) is 5.56 Å². The van der Waals surface area contributed by atoms with Crippen molar-refractivity contribution in [1.29, 1.82) is 0 Å². The van der Waals surface area contributed by atoms with Gasteiger partial charge >= 0.3 is 0 Å². The Morgan fingerprint density at radius 1 is 1.27 bits per heavy atom. The van der Waals surface area contributed by atoms with Gasteiger partial charge < -0.3 is 14.9 Å². The lowest BCUT2D eigenvalue weighted by atomic mass is 10.2. The number of hydrogen-bond donors (Lipinski definition) is 2. The second-order valence-electron chi connectivity index (χ2n) is 4.70. The standard InChI is InChI=1S/C15H13FN4O2/c1-9-2-3-12(11(16)6-9)18-13-7-17-5-4-10(13)15-19-14(8-21)20-22-15/h2-7,18,21H,8H2,1H3. The first-order chi connectivity index (χ1) is 10.7. The maximum absolute atomic E-state index is 14.0. The Hall–Kier alpha value is -2.80. The van der Waals surface area contributed by atoms with E-state index in [4.69, 9.17) is 9.63 Å². The number of halogens is 1. The molecule has 3 rings (SSSR count). The van der Waals surface area contributed by atoms with E-state index in [1.165, 1.54) is 12.3 Å². The van der Waals surface area contributed by atoms with Gasteiger partial charge in [-0.2, -0.15) is 4.98 Å². The minimum absolute atomic E-state index is 0.180. The predicted molar refractivity (Wildman–Crippen MR) is 77.9 cm³/mol. The Morgan fingerprint density at radius 2 is 2.14 bits per heavy atom. The first-order valence-corrected chi connectivity index (χ1v) is 6.58. The second kappa shape index (κ2) is 5.90. The van der Waals surface area contributed by atoms with E-state index in [9.17, 15) is 4.39 Å². The fraction of sp³-hybridized carbons (Fsp3) is 0.133. The Balaban J connectivity index is 1.97. The zero-order valence-electron chi connectivity index (χ0n) is 11.7. The van der Waals surface area contributed by atoms with E-state index in [-0.39, 0.29) is 24.1 Å². The molecule has 112 valence electrons. The molecular weight excluding hydrogens is 287 g/mol. The lowest BCUT2D eigenvalue weighted by Gasteiger charge is -2.10. The Bertz CT molecular complexity index is 804. The number of aliphatic hydroxyl groups is 1. The number of nitrogens with one attached hydrogen (secondary N) is 1. The van der Waals surface area contributed by atoms with Crippen LogP contribution in [-0.4, -0.2) is 20.2 Å². The Labute approximate surface area is 125 Å². The smallest absolute Gasteiger partial charge is 0.260 e. The van der Waals surface area contributed by atoms with Crippen LogP contribution in [0.5, 0.6) is 0 Å². The summed E-state index contributed by atoms with van der Waals surface area (Å²) in [6.45, 7) is 1.50. The normalized spacial score (nSPS) is 10.7.